The molecule has 3 heteroatoms. The van der Waals surface area contributed by atoms with Gasteiger partial charge < -0.3 is 15.0 Å². The summed E-state index contributed by atoms with van der Waals surface area (Å²) in [5.74, 6) is 0. The van der Waals surface area contributed by atoms with Gasteiger partial charge in [0.2, 0.25) is 0 Å². The Kier molecular flexibility index (Phi) is 4.04. The van der Waals surface area contributed by atoms with Crippen molar-refractivity contribution in [1.29, 1.82) is 0 Å². The van der Waals surface area contributed by atoms with E-state index in [4.69, 9.17) is 4.74 Å². The molecule has 0 aliphatic carbocycles. The largest absolute Gasteiger partial charge is 0.382 e. The molecule has 2 unspecified atom stereocenters. The number of piperidine rings is 1. The van der Waals surface area contributed by atoms with E-state index in [9.17, 15) is 0 Å². The highest BCUT2D eigenvalue weighted by Gasteiger charge is 2.31. The second kappa shape index (κ2) is 5.93. The number of hydrogen-bond donors (Lipinski definition) is 1. The summed E-state index contributed by atoms with van der Waals surface area (Å²) in [5.41, 5.74) is 2.48. The summed E-state index contributed by atoms with van der Waals surface area (Å²) >= 11 is 0. The lowest BCUT2D eigenvalue weighted by molar-refractivity contribution is 0.184. The van der Waals surface area contributed by atoms with Gasteiger partial charge in [0.1, 0.15) is 0 Å². The highest BCUT2D eigenvalue weighted by molar-refractivity contribution is 5.46. The molecular formula is C16H24N2O. The summed E-state index contributed by atoms with van der Waals surface area (Å²) in [5, 5.41) is 3.71. The lowest BCUT2D eigenvalue weighted by Crippen LogP contribution is -2.42. The predicted molar refractivity (Wildman–Crippen MR) is 78.4 cm³/mol. The van der Waals surface area contributed by atoms with E-state index in [-0.39, 0.29) is 0 Å². The van der Waals surface area contributed by atoms with Crippen LogP contribution in [0.2, 0.25) is 0 Å². The smallest absolute Gasteiger partial charge is 0.0713 e. The summed E-state index contributed by atoms with van der Waals surface area (Å²) in [6, 6.07) is 10.1. The first-order chi connectivity index (χ1) is 9.35. The molecule has 1 aromatic rings. The van der Waals surface area contributed by atoms with Gasteiger partial charge in [0, 0.05) is 31.4 Å². The number of nitrogens with one attached hydrogen (secondary N) is 1. The standard InChI is InChI=1S/C16H24N2O/c1-19-12-13-4-2-5-14(10-13)17-15-7-9-18-8-3-6-16(18)11-15/h2,4-5,10,15-17H,3,6-9,11-12H2,1H3. The average molecular weight is 260 g/mol. The number of anilines is 1. The Hall–Kier alpha value is -1.06. The number of fused-ring (bicyclic) bond motifs is 1. The molecule has 2 aliphatic heterocycles. The first-order valence-corrected chi connectivity index (χ1v) is 7.43. The minimum atomic E-state index is 0.636. The molecule has 0 saturated carbocycles. The van der Waals surface area contributed by atoms with Crippen molar-refractivity contribution in [3.63, 3.8) is 0 Å². The summed E-state index contributed by atoms with van der Waals surface area (Å²) in [4.78, 5) is 2.67. The van der Waals surface area contributed by atoms with Crippen LogP contribution in [0.1, 0.15) is 31.2 Å². The van der Waals surface area contributed by atoms with E-state index >= 15 is 0 Å². The number of nitrogens with zero attached hydrogens (tertiary/aromatic N) is 1. The molecule has 2 aliphatic rings. The SMILES string of the molecule is COCc1cccc(NC2CCN3CCCC3C2)c1. The van der Waals surface area contributed by atoms with E-state index in [2.05, 4.69) is 34.5 Å². The number of rotatable bonds is 4. The number of methoxy groups -OCH3 is 1. The van der Waals surface area contributed by atoms with Crippen molar-refractivity contribution >= 4 is 5.69 Å². The maximum absolute atomic E-state index is 5.20. The van der Waals surface area contributed by atoms with Crippen molar-refractivity contribution < 1.29 is 4.74 Å². The van der Waals surface area contributed by atoms with Crippen LogP contribution in [0.15, 0.2) is 24.3 Å². The molecule has 2 heterocycles. The quantitative estimate of drug-likeness (QED) is 0.901. The van der Waals surface area contributed by atoms with Crippen molar-refractivity contribution in [2.45, 2.75) is 44.4 Å². The third kappa shape index (κ3) is 3.10. The monoisotopic (exact) mass is 260 g/mol. The Labute approximate surface area is 115 Å². The van der Waals surface area contributed by atoms with Crippen LogP contribution in [0, 0.1) is 0 Å². The molecule has 0 aromatic heterocycles. The molecule has 2 fully saturated rings. The molecular weight excluding hydrogens is 236 g/mol. The third-order valence-electron chi connectivity index (χ3n) is 4.43. The molecule has 0 amide bonds. The lowest BCUT2D eigenvalue weighted by atomic mass is 9.97. The molecule has 19 heavy (non-hydrogen) atoms. The van der Waals surface area contributed by atoms with Crippen molar-refractivity contribution in [3.05, 3.63) is 29.8 Å². The highest BCUT2D eigenvalue weighted by Crippen LogP contribution is 2.28. The maximum atomic E-state index is 5.20. The fourth-order valence-electron chi connectivity index (χ4n) is 3.51. The number of benzene rings is 1. The summed E-state index contributed by atoms with van der Waals surface area (Å²) in [6.45, 7) is 3.28. The number of hydrogen-bond acceptors (Lipinski definition) is 3. The normalized spacial score (nSPS) is 27.2. The maximum Gasteiger partial charge on any atom is 0.0713 e. The molecule has 2 saturated heterocycles. The van der Waals surface area contributed by atoms with Crippen LogP contribution >= 0.6 is 0 Å². The average Bonchev–Trinajstić information content (AvgIpc) is 2.87. The van der Waals surface area contributed by atoms with E-state index < -0.39 is 0 Å². The van der Waals surface area contributed by atoms with Crippen LogP contribution in [0.5, 0.6) is 0 Å². The fourth-order valence-corrected chi connectivity index (χ4v) is 3.51. The molecule has 104 valence electrons. The zero-order chi connectivity index (χ0) is 13.1. The van der Waals surface area contributed by atoms with Gasteiger partial charge in [-0.15, -0.1) is 0 Å². The highest BCUT2D eigenvalue weighted by atomic mass is 16.5. The van der Waals surface area contributed by atoms with Crippen LogP contribution in [0.3, 0.4) is 0 Å². The van der Waals surface area contributed by atoms with Crippen LogP contribution in [0.25, 0.3) is 0 Å². The van der Waals surface area contributed by atoms with E-state index in [0.717, 1.165) is 6.04 Å². The first kappa shape index (κ1) is 12.9. The molecule has 2 atom stereocenters. The second-order valence-electron chi connectivity index (χ2n) is 5.83. The Bertz CT molecular complexity index is 421. The summed E-state index contributed by atoms with van der Waals surface area (Å²) < 4.78 is 5.20. The van der Waals surface area contributed by atoms with Crippen LogP contribution in [0.4, 0.5) is 5.69 Å². The Morgan fingerprint density at radius 1 is 1.32 bits per heavy atom. The minimum absolute atomic E-state index is 0.636. The van der Waals surface area contributed by atoms with Gasteiger partial charge in [0.05, 0.1) is 6.61 Å². The van der Waals surface area contributed by atoms with Crippen molar-refractivity contribution in [1.82, 2.24) is 4.90 Å². The molecule has 0 spiro atoms. The molecule has 3 nitrogen and oxygen atoms in total. The molecule has 1 N–H and O–H groups in total. The number of ether oxygens (including phenoxy) is 1. The zero-order valence-corrected chi connectivity index (χ0v) is 11.8. The van der Waals surface area contributed by atoms with Gasteiger partial charge in [-0.25, -0.2) is 0 Å². The van der Waals surface area contributed by atoms with Gasteiger partial charge in [-0.2, -0.15) is 0 Å². The predicted octanol–water partition coefficient (Wildman–Crippen LogP) is 2.87. The van der Waals surface area contributed by atoms with Gasteiger partial charge >= 0.3 is 0 Å². The topological polar surface area (TPSA) is 24.5 Å². The van der Waals surface area contributed by atoms with E-state index in [1.807, 2.05) is 0 Å². The van der Waals surface area contributed by atoms with Gasteiger partial charge in [-0.3, -0.25) is 0 Å². The van der Waals surface area contributed by atoms with Crippen LogP contribution in [-0.4, -0.2) is 37.2 Å². The third-order valence-corrected chi connectivity index (χ3v) is 4.43. The van der Waals surface area contributed by atoms with Crippen molar-refractivity contribution in [3.8, 4) is 0 Å². The van der Waals surface area contributed by atoms with Gasteiger partial charge in [0.15, 0.2) is 0 Å². The fraction of sp³-hybridized carbons (Fsp3) is 0.625. The molecule has 0 radical (unpaired) electrons. The molecule has 0 bridgehead atoms. The Morgan fingerprint density at radius 3 is 3.16 bits per heavy atom. The Balaban J connectivity index is 1.60. The van der Waals surface area contributed by atoms with Crippen molar-refractivity contribution in [2.75, 3.05) is 25.5 Å². The van der Waals surface area contributed by atoms with Gasteiger partial charge in [-0.1, -0.05) is 12.1 Å². The zero-order valence-electron chi connectivity index (χ0n) is 11.8. The lowest BCUT2D eigenvalue weighted by Gasteiger charge is -2.35. The second-order valence-corrected chi connectivity index (χ2v) is 5.83. The van der Waals surface area contributed by atoms with E-state index in [0.29, 0.717) is 12.6 Å². The first-order valence-electron chi connectivity index (χ1n) is 7.43. The van der Waals surface area contributed by atoms with Crippen molar-refractivity contribution in [2.24, 2.45) is 0 Å². The van der Waals surface area contributed by atoms with Gasteiger partial charge in [-0.05, 0) is 49.9 Å². The Morgan fingerprint density at radius 2 is 2.26 bits per heavy atom. The van der Waals surface area contributed by atoms with Crippen LogP contribution < -0.4 is 5.32 Å². The summed E-state index contributed by atoms with van der Waals surface area (Å²) in [7, 11) is 1.75. The minimum Gasteiger partial charge on any atom is -0.382 e. The van der Waals surface area contributed by atoms with Gasteiger partial charge in [0.25, 0.3) is 0 Å². The summed E-state index contributed by atoms with van der Waals surface area (Å²) in [6.07, 6.45) is 5.35. The molecule has 3 rings (SSSR count). The molecule has 1 aromatic carbocycles. The van der Waals surface area contributed by atoms with E-state index in [1.165, 1.54) is 50.0 Å². The van der Waals surface area contributed by atoms with E-state index in [1.54, 1.807) is 7.11 Å². The van der Waals surface area contributed by atoms with Crippen LogP contribution in [-0.2, 0) is 11.3 Å².